The molecule has 1 amide bonds. The Bertz CT molecular complexity index is 896. The Morgan fingerprint density at radius 2 is 1.75 bits per heavy atom. The number of hydrogen-bond donors (Lipinski definition) is 0. The number of amides is 1. The molecule has 1 aliphatic rings. The van der Waals surface area contributed by atoms with E-state index in [1.165, 1.54) is 27.4 Å². The van der Waals surface area contributed by atoms with Crippen molar-refractivity contribution in [2.75, 3.05) is 34.4 Å². The van der Waals surface area contributed by atoms with Crippen molar-refractivity contribution >= 4 is 5.91 Å². The van der Waals surface area contributed by atoms with Gasteiger partial charge in [-0.15, -0.1) is 0 Å². The Balaban J connectivity index is 1.74. The van der Waals surface area contributed by atoms with Gasteiger partial charge in [-0.25, -0.2) is 4.79 Å². The van der Waals surface area contributed by atoms with Crippen molar-refractivity contribution in [3.63, 3.8) is 0 Å². The maximum Gasteiger partial charge on any atom is 0.339 e. The summed E-state index contributed by atoms with van der Waals surface area (Å²) in [6.45, 7) is 2.64. The second-order valence-electron chi connectivity index (χ2n) is 6.42. The molecule has 0 radical (unpaired) electrons. The second kappa shape index (κ2) is 8.24. The molecule has 28 heavy (non-hydrogen) atoms. The molecule has 2 aromatic rings. The number of benzene rings is 1. The smallest absolute Gasteiger partial charge is 0.339 e. The first kappa shape index (κ1) is 19.6. The molecule has 1 aliphatic heterocycles. The van der Waals surface area contributed by atoms with Gasteiger partial charge in [0.2, 0.25) is 5.75 Å². The molecule has 1 aromatic carbocycles. The second-order valence-corrected chi connectivity index (χ2v) is 6.42. The van der Waals surface area contributed by atoms with E-state index in [4.69, 9.17) is 23.4 Å². The van der Waals surface area contributed by atoms with E-state index >= 15 is 0 Å². The quantitative estimate of drug-likeness (QED) is 0.749. The summed E-state index contributed by atoms with van der Waals surface area (Å²) in [5, 5.41) is 0. The Morgan fingerprint density at radius 1 is 1.07 bits per heavy atom. The van der Waals surface area contributed by atoms with Gasteiger partial charge in [0.1, 0.15) is 17.6 Å². The fraction of sp³-hybridized carbons (Fsp3) is 0.400. The van der Waals surface area contributed by atoms with Crippen LogP contribution in [0.25, 0.3) is 0 Å². The Labute approximate surface area is 162 Å². The minimum absolute atomic E-state index is 0.158. The zero-order valence-corrected chi connectivity index (χ0v) is 16.3. The molecule has 2 heterocycles. The van der Waals surface area contributed by atoms with Gasteiger partial charge in [0, 0.05) is 24.6 Å². The lowest BCUT2D eigenvalue weighted by Gasteiger charge is -2.19. The Hall–Kier alpha value is -3.16. The summed E-state index contributed by atoms with van der Waals surface area (Å²) >= 11 is 0. The monoisotopic (exact) mass is 389 g/mol. The molecule has 0 saturated carbocycles. The van der Waals surface area contributed by atoms with Crippen molar-refractivity contribution in [2.45, 2.75) is 19.4 Å². The fourth-order valence-electron chi connectivity index (χ4n) is 3.23. The molecule has 0 aliphatic carbocycles. The molecular weight excluding hydrogens is 366 g/mol. The lowest BCUT2D eigenvalue weighted by Crippen LogP contribution is -2.31. The average molecular weight is 389 g/mol. The van der Waals surface area contributed by atoms with Crippen LogP contribution in [-0.4, -0.2) is 51.3 Å². The first-order chi connectivity index (χ1) is 13.4. The molecular formula is C20H23NO7. The molecule has 3 rings (SSSR count). The number of ether oxygens (including phenoxy) is 4. The van der Waals surface area contributed by atoms with Gasteiger partial charge in [-0.3, -0.25) is 4.79 Å². The van der Waals surface area contributed by atoms with Crippen LogP contribution in [0.4, 0.5) is 0 Å². The summed E-state index contributed by atoms with van der Waals surface area (Å²) in [7, 11) is 4.52. The van der Waals surface area contributed by atoms with Gasteiger partial charge in [0.15, 0.2) is 11.5 Å². The Kier molecular flexibility index (Phi) is 5.77. The summed E-state index contributed by atoms with van der Waals surface area (Å²) < 4.78 is 26.7. The molecule has 1 unspecified atom stereocenters. The first-order valence-electron chi connectivity index (χ1n) is 8.83. The van der Waals surface area contributed by atoms with Crippen molar-refractivity contribution in [3.05, 3.63) is 46.0 Å². The van der Waals surface area contributed by atoms with Crippen molar-refractivity contribution in [2.24, 2.45) is 0 Å². The maximum atomic E-state index is 12.9. The standard InChI is InChI=1S/C20H23NO7/c1-12-7-15(10-18(22)27-12)28-14-5-6-21(11-14)20(23)13-8-16(24-2)19(26-4)17(9-13)25-3/h7-10,14H,5-6,11H2,1-4H3. The van der Waals surface area contributed by atoms with Crippen LogP contribution in [0.2, 0.25) is 0 Å². The van der Waals surface area contributed by atoms with E-state index < -0.39 is 5.63 Å². The van der Waals surface area contributed by atoms with Gasteiger partial charge < -0.3 is 28.3 Å². The molecule has 8 heteroatoms. The molecule has 0 N–H and O–H groups in total. The van der Waals surface area contributed by atoms with E-state index in [9.17, 15) is 9.59 Å². The summed E-state index contributed by atoms with van der Waals surface area (Å²) in [5.74, 6) is 2.04. The summed E-state index contributed by atoms with van der Waals surface area (Å²) in [6.07, 6.45) is 0.460. The molecule has 150 valence electrons. The van der Waals surface area contributed by atoms with Crippen LogP contribution in [0.5, 0.6) is 23.0 Å². The highest BCUT2D eigenvalue weighted by atomic mass is 16.5. The average Bonchev–Trinajstić information content (AvgIpc) is 3.13. The molecule has 0 bridgehead atoms. The van der Waals surface area contributed by atoms with Crippen LogP contribution in [-0.2, 0) is 0 Å². The Morgan fingerprint density at radius 3 is 2.32 bits per heavy atom. The number of methoxy groups -OCH3 is 3. The third-order valence-corrected chi connectivity index (χ3v) is 4.51. The molecule has 1 saturated heterocycles. The van der Waals surface area contributed by atoms with Crippen LogP contribution >= 0.6 is 0 Å². The van der Waals surface area contributed by atoms with Gasteiger partial charge in [-0.2, -0.15) is 0 Å². The minimum atomic E-state index is -0.460. The van der Waals surface area contributed by atoms with E-state index in [-0.39, 0.29) is 12.0 Å². The maximum absolute atomic E-state index is 12.9. The van der Waals surface area contributed by atoms with Gasteiger partial charge in [-0.1, -0.05) is 0 Å². The van der Waals surface area contributed by atoms with Crippen molar-refractivity contribution in [1.82, 2.24) is 4.90 Å². The van der Waals surface area contributed by atoms with Gasteiger partial charge in [-0.05, 0) is 19.1 Å². The van der Waals surface area contributed by atoms with E-state index in [0.717, 1.165) is 0 Å². The van der Waals surface area contributed by atoms with E-state index in [1.807, 2.05) is 0 Å². The van der Waals surface area contributed by atoms with Crippen LogP contribution in [0.1, 0.15) is 22.5 Å². The third-order valence-electron chi connectivity index (χ3n) is 4.51. The highest BCUT2D eigenvalue weighted by molar-refractivity contribution is 5.95. The minimum Gasteiger partial charge on any atom is -0.493 e. The molecule has 8 nitrogen and oxygen atoms in total. The lowest BCUT2D eigenvalue weighted by molar-refractivity contribution is 0.0771. The van der Waals surface area contributed by atoms with E-state index in [1.54, 1.807) is 30.0 Å². The van der Waals surface area contributed by atoms with Gasteiger partial charge >= 0.3 is 5.63 Å². The number of likely N-dealkylation sites (tertiary alicyclic amines) is 1. The lowest BCUT2D eigenvalue weighted by atomic mass is 10.1. The van der Waals surface area contributed by atoms with Crippen molar-refractivity contribution in [1.29, 1.82) is 0 Å². The summed E-state index contributed by atoms with van der Waals surface area (Å²) in [6, 6.07) is 6.22. The van der Waals surface area contributed by atoms with Crippen LogP contribution in [0.15, 0.2) is 33.5 Å². The number of aryl methyl sites for hydroxylation is 1. The largest absolute Gasteiger partial charge is 0.493 e. The topological polar surface area (TPSA) is 87.4 Å². The molecule has 1 aromatic heterocycles. The number of carbonyl (C=O) groups is 1. The molecule has 1 atom stereocenters. The van der Waals surface area contributed by atoms with Crippen LogP contribution < -0.4 is 24.6 Å². The number of nitrogens with zero attached hydrogens (tertiary/aromatic N) is 1. The van der Waals surface area contributed by atoms with E-state index in [2.05, 4.69) is 0 Å². The van der Waals surface area contributed by atoms with Crippen molar-refractivity contribution < 1.29 is 28.2 Å². The zero-order valence-electron chi connectivity index (χ0n) is 16.3. The predicted molar refractivity (Wildman–Crippen MR) is 101 cm³/mol. The normalized spacial score (nSPS) is 16.0. The molecule has 1 fully saturated rings. The number of rotatable bonds is 6. The summed E-state index contributed by atoms with van der Waals surface area (Å²) in [4.78, 5) is 26.1. The van der Waals surface area contributed by atoms with Gasteiger partial charge in [0.05, 0.1) is 33.9 Å². The van der Waals surface area contributed by atoms with Gasteiger partial charge in [0.25, 0.3) is 5.91 Å². The van der Waals surface area contributed by atoms with E-state index in [0.29, 0.717) is 53.8 Å². The van der Waals surface area contributed by atoms with Crippen LogP contribution in [0.3, 0.4) is 0 Å². The SMILES string of the molecule is COc1cc(C(=O)N2CCC(Oc3cc(C)oc(=O)c3)C2)cc(OC)c1OC. The number of hydrogen-bond acceptors (Lipinski definition) is 7. The number of carbonyl (C=O) groups excluding carboxylic acids is 1. The first-order valence-corrected chi connectivity index (χ1v) is 8.83. The summed E-state index contributed by atoms with van der Waals surface area (Å²) in [5.41, 5.74) is -0.0234. The zero-order chi connectivity index (χ0) is 20.3. The van der Waals surface area contributed by atoms with Crippen LogP contribution in [0, 0.1) is 6.92 Å². The third kappa shape index (κ3) is 4.05. The highest BCUT2D eigenvalue weighted by Crippen LogP contribution is 2.38. The fourth-order valence-corrected chi connectivity index (χ4v) is 3.23. The predicted octanol–water partition coefficient (Wildman–Crippen LogP) is 2.27. The van der Waals surface area contributed by atoms with Crippen molar-refractivity contribution in [3.8, 4) is 23.0 Å². The molecule has 0 spiro atoms. The highest BCUT2D eigenvalue weighted by Gasteiger charge is 2.29.